The molecule has 36 heavy (non-hydrogen) atoms. The number of rotatable bonds is 5. The molecule has 3 fully saturated rings. The number of thiophene rings is 1. The topological polar surface area (TPSA) is 134 Å². The largest absolute Gasteiger partial charge is 0.351 e. The molecule has 3 aliphatic rings. The molecule has 3 aromatic rings. The zero-order valence-electron chi connectivity index (χ0n) is 18.8. The number of carbonyl (C=O) groups excluding carboxylic acids is 3. The third-order valence-electron chi connectivity index (χ3n) is 6.14. The molecule has 0 radical (unpaired) electrons. The summed E-state index contributed by atoms with van der Waals surface area (Å²) in [6.45, 7) is 0.0178. The molecule has 5 heterocycles. The molecule has 4 amide bonds. The summed E-state index contributed by atoms with van der Waals surface area (Å²) in [6.07, 6.45) is 4.31. The number of urea groups is 1. The van der Waals surface area contributed by atoms with Crippen LogP contribution in [0, 0.1) is 0 Å². The standard InChI is InChI=1S/C22H20F2N8O3S/c23-22(24)5-7-31(8-6-22)19(34)15-4-3-14(36-15)16-28-17-11(9-13-18(33)30-21(35)27-13)10-25-32(17)20(29-16)26-12-1-2-12/h3-4,9-10,12H,1-2,5-8H2,(H,26,28,29)(H2,27,30,33,35)/b13-9-. The highest BCUT2D eigenvalue weighted by Crippen LogP contribution is 2.32. The average molecular weight is 515 g/mol. The van der Waals surface area contributed by atoms with Crippen LogP contribution in [0.15, 0.2) is 24.0 Å². The fourth-order valence-electron chi connectivity index (χ4n) is 4.01. The van der Waals surface area contributed by atoms with Crippen molar-refractivity contribution in [2.24, 2.45) is 0 Å². The summed E-state index contributed by atoms with van der Waals surface area (Å²) in [7, 11) is 0. The van der Waals surface area contributed by atoms with Gasteiger partial charge in [0.2, 0.25) is 5.95 Å². The first kappa shape index (κ1) is 22.5. The summed E-state index contributed by atoms with van der Waals surface area (Å²) in [5.41, 5.74) is 0.971. The smallest absolute Gasteiger partial charge is 0.326 e. The van der Waals surface area contributed by atoms with Crippen LogP contribution in [0.5, 0.6) is 0 Å². The van der Waals surface area contributed by atoms with Gasteiger partial charge in [0.05, 0.1) is 16.0 Å². The monoisotopic (exact) mass is 514 g/mol. The number of nitrogens with zero attached hydrogens (tertiary/aromatic N) is 5. The number of anilines is 1. The van der Waals surface area contributed by atoms with Crippen LogP contribution < -0.4 is 16.0 Å². The lowest BCUT2D eigenvalue weighted by Gasteiger charge is -2.31. The average Bonchev–Trinajstić information content (AvgIpc) is 3.22. The molecule has 0 bridgehead atoms. The van der Waals surface area contributed by atoms with E-state index >= 15 is 0 Å². The lowest BCUT2D eigenvalue weighted by Crippen LogP contribution is -2.42. The third kappa shape index (κ3) is 4.27. The van der Waals surface area contributed by atoms with Crippen molar-refractivity contribution in [3.8, 4) is 10.7 Å². The summed E-state index contributed by atoms with van der Waals surface area (Å²) in [5.74, 6) is -2.77. The van der Waals surface area contributed by atoms with Gasteiger partial charge in [0.15, 0.2) is 11.5 Å². The summed E-state index contributed by atoms with van der Waals surface area (Å²) in [5, 5.41) is 12.3. The molecule has 1 saturated carbocycles. The minimum absolute atomic E-state index is 0.00888. The Morgan fingerprint density at radius 2 is 1.94 bits per heavy atom. The summed E-state index contributed by atoms with van der Waals surface area (Å²) < 4.78 is 28.5. The zero-order valence-corrected chi connectivity index (χ0v) is 19.6. The first-order valence-electron chi connectivity index (χ1n) is 11.4. The molecule has 0 spiro atoms. The van der Waals surface area contributed by atoms with Crippen LogP contribution in [0.25, 0.3) is 22.4 Å². The van der Waals surface area contributed by atoms with Crippen LogP contribution >= 0.6 is 11.3 Å². The maximum atomic E-state index is 13.5. The lowest BCUT2D eigenvalue weighted by molar-refractivity contribution is -0.115. The highest BCUT2D eigenvalue weighted by atomic mass is 32.1. The van der Waals surface area contributed by atoms with E-state index in [1.54, 1.807) is 12.1 Å². The maximum absolute atomic E-state index is 13.5. The van der Waals surface area contributed by atoms with E-state index in [2.05, 4.69) is 31.0 Å². The fourth-order valence-corrected chi connectivity index (χ4v) is 4.92. The third-order valence-corrected chi connectivity index (χ3v) is 7.21. The molecule has 0 aromatic carbocycles. The molecule has 2 aliphatic heterocycles. The Labute approximate surface area is 206 Å². The minimum atomic E-state index is -2.73. The summed E-state index contributed by atoms with van der Waals surface area (Å²) >= 11 is 1.18. The Morgan fingerprint density at radius 3 is 2.64 bits per heavy atom. The number of amides is 4. The van der Waals surface area contributed by atoms with Crippen molar-refractivity contribution in [3.05, 3.63) is 34.5 Å². The number of hydrogen-bond acceptors (Lipinski definition) is 8. The fraction of sp³-hybridized carbons (Fsp3) is 0.364. The van der Waals surface area contributed by atoms with Crippen molar-refractivity contribution in [1.29, 1.82) is 0 Å². The van der Waals surface area contributed by atoms with E-state index < -0.39 is 17.9 Å². The summed E-state index contributed by atoms with van der Waals surface area (Å²) in [4.78, 5) is 48.1. The van der Waals surface area contributed by atoms with Crippen molar-refractivity contribution < 1.29 is 23.2 Å². The van der Waals surface area contributed by atoms with Gasteiger partial charge in [0, 0.05) is 37.5 Å². The number of fused-ring (bicyclic) bond motifs is 1. The highest BCUT2D eigenvalue weighted by Gasteiger charge is 2.36. The number of nitrogens with one attached hydrogen (secondary N) is 3. The first-order valence-corrected chi connectivity index (χ1v) is 12.2. The van der Waals surface area contributed by atoms with Crippen LogP contribution in [0.1, 0.15) is 40.9 Å². The minimum Gasteiger partial charge on any atom is -0.351 e. The van der Waals surface area contributed by atoms with Gasteiger partial charge < -0.3 is 15.5 Å². The maximum Gasteiger partial charge on any atom is 0.326 e. The van der Waals surface area contributed by atoms with Crippen LogP contribution in [0.3, 0.4) is 0 Å². The molecular weight excluding hydrogens is 494 g/mol. The molecule has 2 saturated heterocycles. The van der Waals surface area contributed by atoms with Crippen molar-refractivity contribution in [2.75, 3.05) is 18.4 Å². The van der Waals surface area contributed by atoms with E-state index in [-0.39, 0.29) is 43.6 Å². The highest BCUT2D eigenvalue weighted by molar-refractivity contribution is 7.17. The van der Waals surface area contributed by atoms with Crippen molar-refractivity contribution >= 4 is 46.9 Å². The Kier molecular flexibility index (Phi) is 5.21. The van der Waals surface area contributed by atoms with E-state index in [1.807, 2.05) is 0 Å². The van der Waals surface area contributed by atoms with Gasteiger partial charge in [-0.3, -0.25) is 14.9 Å². The van der Waals surface area contributed by atoms with E-state index in [0.29, 0.717) is 32.7 Å². The first-order chi connectivity index (χ1) is 17.3. The van der Waals surface area contributed by atoms with E-state index in [4.69, 9.17) is 0 Å². The predicted octanol–water partition coefficient (Wildman–Crippen LogP) is 2.48. The lowest BCUT2D eigenvalue weighted by atomic mass is 10.1. The SMILES string of the molecule is O=C1NC(=O)/C(=C/c2cnn3c(NC4CC4)nc(-c4ccc(C(=O)N5CCC(F)(F)CC5)s4)nc23)N1. The van der Waals surface area contributed by atoms with E-state index in [9.17, 15) is 23.2 Å². The second-order valence-corrected chi connectivity index (χ2v) is 9.99. The number of hydrogen-bond donors (Lipinski definition) is 3. The van der Waals surface area contributed by atoms with Gasteiger partial charge in [-0.05, 0) is 31.1 Å². The number of likely N-dealkylation sites (tertiary alicyclic amines) is 1. The molecule has 186 valence electrons. The molecular formula is C22H20F2N8O3S. The molecule has 11 nitrogen and oxygen atoms in total. The molecule has 0 unspecified atom stereocenters. The number of halogens is 2. The number of aromatic nitrogens is 4. The van der Waals surface area contributed by atoms with Gasteiger partial charge in [-0.1, -0.05) is 0 Å². The second-order valence-electron chi connectivity index (χ2n) is 8.90. The second kappa shape index (κ2) is 8.33. The molecule has 6 rings (SSSR count). The number of carbonyl (C=O) groups is 3. The summed E-state index contributed by atoms with van der Waals surface area (Å²) in [6, 6.07) is 3.03. The molecule has 1 aliphatic carbocycles. The van der Waals surface area contributed by atoms with Gasteiger partial charge in [-0.25, -0.2) is 18.6 Å². The quantitative estimate of drug-likeness (QED) is 0.352. The van der Waals surface area contributed by atoms with E-state index in [1.165, 1.54) is 33.0 Å². The van der Waals surface area contributed by atoms with Gasteiger partial charge in [-0.15, -0.1) is 11.3 Å². The Hall–Kier alpha value is -3.94. The van der Waals surface area contributed by atoms with Gasteiger partial charge in [-0.2, -0.15) is 14.6 Å². The van der Waals surface area contributed by atoms with Gasteiger partial charge in [0.25, 0.3) is 17.7 Å². The molecule has 0 atom stereocenters. The number of alkyl halides is 2. The number of piperidine rings is 1. The Balaban J connectivity index is 1.34. The van der Waals surface area contributed by atoms with Crippen LogP contribution in [0.4, 0.5) is 19.5 Å². The van der Waals surface area contributed by atoms with Crippen LogP contribution in [0.2, 0.25) is 0 Å². The van der Waals surface area contributed by atoms with Gasteiger partial charge >= 0.3 is 6.03 Å². The van der Waals surface area contributed by atoms with Crippen molar-refractivity contribution in [1.82, 2.24) is 35.1 Å². The molecule has 14 heteroatoms. The predicted molar refractivity (Wildman–Crippen MR) is 125 cm³/mol. The van der Waals surface area contributed by atoms with Crippen molar-refractivity contribution in [3.63, 3.8) is 0 Å². The van der Waals surface area contributed by atoms with E-state index in [0.717, 1.165) is 12.8 Å². The molecule has 3 aromatic heterocycles. The number of imide groups is 1. The Bertz CT molecular complexity index is 1430. The normalized spacial score (nSPS) is 20.6. The zero-order chi connectivity index (χ0) is 25.0. The van der Waals surface area contributed by atoms with Crippen LogP contribution in [-0.4, -0.2) is 67.4 Å². The Morgan fingerprint density at radius 1 is 1.17 bits per heavy atom. The van der Waals surface area contributed by atoms with Crippen molar-refractivity contribution in [2.45, 2.75) is 37.6 Å². The molecule has 3 N–H and O–H groups in total. The van der Waals surface area contributed by atoms with Crippen LogP contribution in [-0.2, 0) is 4.79 Å². The van der Waals surface area contributed by atoms with Gasteiger partial charge in [0.1, 0.15) is 5.70 Å².